The Labute approximate surface area is 167 Å². The zero-order valence-corrected chi connectivity index (χ0v) is 15.6. The number of hydrogen-bond acceptors (Lipinski definition) is 5. The van der Waals surface area contributed by atoms with Crippen LogP contribution in [0.3, 0.4) is 0 Å². The highest BCUT2D eigenvalue weighted by atomic mass is 16.7. The predicted molar refractivity (Wildman–Crippen MR) is 104 cm³/mol. The van der Waals surface area contributed by atoms with E-state index in [9.17, 15) is 14.4 Å². The van der Waals surface area contributed by atoms with Gasteiger partial charge in [-0.05, 0) is 37.3 Å². The Morgan fingerprint density at radius 3 is 2.07 bits per heavy atom. The van der Waals surface area contributed by atoms with Gasteiger partial charge in [0, 0.05) is 5.56 Å². The zero-order valence-electron chi connectivity index (χ0n) is 15.6. The van der Waals surface area contributed by atoms with E-state index in [0.717, 1.165) is 5.56 Å². The van der Waals surface area contributed by atoms with Gasteiger partial charge in [0.05, 0.1) is 17.5 Å². The van der Waals surface area contributed by atoms with E-state index in [1.807, 2.05) is 31.2 Å². The number of aryl methyl sites for hydroxylation is 1. The van der Waals surface area contributed by atoms with Crippen LogP contribution in [0.2, 0.25) is 0 Å². The molecule has 0 aromatic heterocycles. The second-order valence-electron chi connectivity index (χ2n) is 6.61. The van der Waals surface area contributed by atoms with Crippen LogP contribution >= 0.6 is 0 Å². The Bertz CT molecular complexity index is 1070. The minimum absolute atomic E-state index is 0.157. The Balaban J connectivity index is 1.48. The molecule has 0 saturated carbocycles. The first-order valence-electron chi connectivity index (χ1n) is 9.04. The fourth-order valence-electron chi connectivity index (χ4n) is 3.02. The monoisotopic (exact) mass is 387 g/mol. The predicted octanol–water partition coefficient (Wildman–Crippen LogP) is 4.08. The second-order valence-corrected chi connectivity index (χ2v) is 6.61. The average Bonchev–Trinajstić information content (AvgIpc) is 2.96. The van der Waals surface area contributed by atoms with Gasteiger partial charge in [-0.1, -0.05) is 53.1 Å². The fourth-order valence-corrected chi connectivity index (χ4v) is 3.02. The van der Waals surface area contributed by atoms with E-state index in [0.29, 0.717) is 22.1 Å². The van der Waals surface area contributed by atoms with Crippen LogP contribution < -0.4 is 4.74 Å². The van der Waals surface area contributed by atoms with Crippen LogP contribution in [0.15, 0.2) is 72.8 Å². The number of carbonyl (C=O) groups is 3. The summed E-state index contributed by atoms with van der Waals surface area (Å²) < 4.78 is 5.87. The quantitative estimate of drug-likeness (QED) is 0.617. The molecule has 0 radical (unpaired) electrons. The number of carbonyl (C=O) groups excluding carboxylic acids is 3. The minimum Gasteiger partial charge on any atom is -0.457 e. The molecule has 1 aliphatic rings. The molecule has 4 rings (SSSR count). The van der Waals surface area contributed by atoms with E-state index >= 15 is 0 Å². The van der Waals surface area contributed by atoms with Crippen molar-refractivity contribution in [1.29, 1.82) is 0 Å². The van der Waals surface area contributed by atoms with Crippen molar-refractivity contribution in [1.82, 2.24) is 5.06 Å². The molecule has 0 spiro atoms. The lowest BCUT2D eigenvalue weighted by Gasteiger charge is -2.14. The fraction of sp³-hybridized carbons (Fsp3) is 0.0870. The van der Waals surface area contributed by atoms with E-state index in [1.54, 1.807) is 36.4 Å². The van der Waals surface area contributed by atoms with Crippen molar-refractivity contribution in [3.63, 3.8) is 0 Å². The molecule has 0 N–H and O–H groups in total. The molecule has 0 unspecified atom stereocenters. The summed E-state index contributed by atoms with van der Waals surface area (Å²) in [6.07, 6.45) is -0.157. The van der Waals surface area contributed by atoms with E-state index in [-0.39, 0.29) is 17.5 Å². The first kappa shape index (κ1) is 18.4. The van der Waals surface area contributed by atoms with Gasteiger partial charge in [-0.25, -0.2) is 4.79 Å². The molecule has 0 bridgehead atoms. The van der Waals surface area contributed by atoms with Crippen molar-refractivity contribution in [2.45, 2.75) is 13.3 Å². The van der Waals surface area contributed by atoms with E-state index < -0.39 is 17.8 Å². The number of nitrogens with zero attached hydrogens (tertiary/aromatic N) is 1. The van der Waals surface area contributed by atoms with Crippen molar-refractivity contribution < 1.29 is 24.0 Å². The topological polar surface area (TPSA) is 72.9 Å². The molecular formula is C23H17NO5. The minimum atomic E-state index is -0.737. The molecule has 3 aromatic rings. The van der Waals surface area contributed by atoms with Crippen LogP contribution in [0.5, 0.6) is 11.5 Å². The van der Waals surface area contributed by atoms with E-state index in [4.69, 9.17) is 9.57 Å². The number of benzene rings is 3. The number of fused-ring (bicyclic) bond motifs is 1. The lowest BCUT2D eigenvalue weighted by atomic mass is 10.1. The summed E-state index contributed by atoms with van der Waals surface area (Å²) in [7, 11) is 0. The number of rotatable bonds is 5. The highest BCUT2D eigenvalue weighted by Crippen LogP contribution is 2.27. The van der Waals surface area contributed by atoms with Crippen LogP contribution in [-0.2, 0) is 16.1 Å². The third kappa shape index (κ3) is 3.73. The Morgan fingerprint density at radius 2 is 1.41 bits per heavy atom. The van der Waals surface area contributed by atoms with Crippen molar-refractivity contribution in [3.05, 3.63) is 95.1 Å². The van der Waals surface area contributed by atoms with Crippen LogP contribution in [-0.4, -0.2) is 22.8 Å². The summed E-state index contributed by atoms with van der Waals surface area (Å²) >= 11 is 0. The summed E-state index contributed by atoms with van der Waals surface area (Å²) in [5.74, 6) is -0.904. The lowest BCUT2D eigenvalue weighted by molar-refractivity contribution is -0.167. The van der Waals surface area contributed by atoms with Gasteiger partial charge in [-0.2, -0.15) is 0 Å². The lowest BCUT2D eigenvalue weighted by Crippen LogP contribution is -2.33. The molecule has 1 heterocycles. The summed E-state index contributed by atoms with van der Waals surface area (Å²) in [5, 5.41) is 0.510. The molecule has 0 fully saturated rings. The van der Waals surface area contributed by atoms with Gasteiger partial charge in [-0.3, -0.25) is 9.59 Å². The smallest absolute Gasteiger partial charge is 0.337 e. The van der Waals surface area contributed by atoms with Gasteiger partial charge in [0.1, 0.15) is 11.5 Å². The summed E-state index contributed by atoms with van der Waals surface area (Å²) in [5.41, 5.74) is 2.12. The van der Waals surface area contributed by atoms with Crippen molar-refractivity contribution in [2.24, 2.45) is 0 Å². The molecule has 3 aromatic carbocycles. The van der Waals surface area contributed by atoms with Crippen LogP contribution in [0.25, 0.3) is 0 Å². The average molecular weight is 387 g/mol. The van der Waals surface area contributed by atoms with Gasteiger partial charge in [0.15, 0.2) is 0 Å². The largest absolute Gasteiger partial charge is 0.457 e. The molecule has 29 heavy (non-hydrogen) atoms. The van der Waals surface area contributed by atoms with E-state index in [2.05, 4.69) is 0 Å². The highest BCUT2D eigenvalue weighted by Gasteiger charge is 2.38. The molecule has 144 valence electrons. The molecule has 0 atom stereocenters. The summed E-state index contributed by atoms with van der Waals surface area (Å²) in [4.78, 5) is 42.2. The first-order chi connectivity index (χ1) is 14.0. The number of amides is 2. The van der Waals surface area contributed by atoms with Crippen molar-refractivity contribution in [3.8, 4) is 11.5 Å². The molecule has 0 saturated heterocycles. The maximum absolute atomic E-state index is 12.4. The summed E-state index contributed by atoms with van der Waals surface area (Å²) in [6, 6.07) is 20.9. The molecule has 1 aliphatic heterocycles. The standard InChI is InChI=1S/C23H17NO5/c1-15-10-12-17(13-11-15)28-20-9-5-2-6-16(20)14-21(25)29-24-22(26)18-7-3-4-8-19(18)23(24)27/h2-13H,14H2,1H3. The Morgan fingerprint density at radius 1 is 0.828 bits per heavy atom. The second kappa shape index (κ2) is 7.59. The normalized spacial score (nSPS) is 12.7. The van der Waals surface area contributed by atoms with Crippen LogP contribution in [0.4, 0.5) is 0 Å². The number of ether oxygens (including phenoxy) is 1. The van der Waals surface area contributed by atoms with Crippen LogP contribution in [0, 0.1) is 6.92 Å². The molecule has 2 amide bonds. The maximum Gasteiger partial charge on any atom is 0.337 e. The SMILES string of the molecule is Cc1ccc(Oc2ccccc2CC(=O)ON2C(=O)c3ccccc3C2=O)cc1. The van der Waals surface area contributed by atoms with Gasteiger partial charge in [0.25, 0.3) is 11.8 Å². The molecule has 6 nitrogen and oxygen atoms in total. The van der Waals surface area contributed by atoms with Crippen LogP contribution in [0.1, 0.15) is 31.8 Å². The van der Waals surface area contributed by atoms with Crippen molar-refractivity contribution in [2.75, 3.05) is 0 Å². The number of hydrogen-bond donors (Lipinski definition) is 0. The number of imide groups is 1. The van der Waals surface area contributed by atoms with Gasteiger partial charge < -0.3 is 9.57 Å². The molecule has 0 aliphatic carbocycles. The molecule has 6 heteroatoms. The van der Waals surface area contributed by atoms with E-state index in [1.165, 1.54) is 12.1 Å². The van der Waals surface area contributed by atoms with Crippen molar-refractivity contribution >= 4 is 17.8 Å². The first-order valence-corrected chi connectivity index (χ1v) is 9.04. The van der Waals surface area contributed by atoms with Gasteiger partial charge in [0.2, 0.25) is 0 Å². The Kier molecular flexibility index (Phi) is 4.83. The third-order valence-electron chi connectivity index (χ3n) is 4.51. The maximum atomic E-state index is 12.4. The highest BCUT2D eigenvalue weighted by molar-refractivity contribution is 6.20. The van der Waals surface area contributed by atoms with Gasteiger partial charge in [-0.15, -0.1) is 0 Å². The zero-order chi connectivity index (χ0) is 20.4. The third-order valence-corrected chi connectivity index (χ3v) is 4.51. The number of hydroxylamine groups is 2. The Hall–Kier alpha value is -3.93. The number of para-hydroxylation sites is 1. The summed E-state index contributed by atoms with van der Waals surface area (Å²) in [6.45, 7) is 1.98. The van der Waals surface area contributed by atoms with Gasteiger partial charge >= 0.3 is 5.97 Å². The molecular weight excluding hydrogens is 370 g/mol.